The molecule has 2 atom stereocenters. The Hall–Kier alpha value is -1.43. The SMILES string of the molecule is CCCC1CN(c2ccccc2OC(F)(F)F)C(C)CN1. The number of nitrogens with zero attached hydrogens (tertiary/aromatic N) is 1. The van der Waals surface area contributed by atoms with Crippen LogP contribution >= 0.6 is 0 Å². The summed E-state index contributed by atoms with van der Waals surface area (Å²) in [7, 11) is 0. The Bertz CT molecular complexity index is 464. The van der Waals surface area contributed by atoms with Gasteiger partial charge < -0.3 is 15.0 Å². The number of nitrogens with one attached hydrogen (secondary N) is 1. The van der Waals surface area contributed by atoms with E-state index in [0.717, 1.165) is 19.4 Å². The van der Waals surface area contributed by atoms with Crippen LogP contribution in [0.25, 0.3) is 0 Å². The molecular formula is C15H21F3N2O. The number of benzene rings is 1. The van der Waals surface area contributed by atoms with Crippen molar-refractivity contribution in [2.24, 2.45) is 0 Å². The van der Waals surface area contributed by atoms with E-state index in [1.165, 1.54) is 6.07 Å². The monoisotopic (exact) mass is 302 g/mol. The first-order valence-corrected chi connectivity index (χ1v) is 7.25. The molecule has 1 heterocycles. The molecule has 0 saturated carbocycles. The minimum Gasteiger partial charge on any atom is -0.404 e. The highest BCUT2D eigenvalue weighted by atomic mass is 19.4. The quantitative estimate of drug-likeness (QED) is 0.920. The van der Waals surface area contributed by atoms with Crippen LogP contribution in [0.15, 0.2) is 24.3 Å². The van der Waals surface area contributed by atoms with Crippen LogP contribution in [0.3, 0.4) is 0 Å². The van der Waals surface area contributed by atoms with Gasteiger partial charge in [-0.3, -0.25) is 0 Å². The van der Waals surface area contributed by atoms with E-state index in [0.29, 0.717) is 18.3 Å². The largest absolute Gasteiger partial charge is 0.573 e. The lowest BCUT2D eigenvalue weighted by Crippen LogP contribution is -2.55. The second kappa shape index (κ2) is 6.56. The summed E-state index contributed by atoms with van der Waals surface area (Å²) in [4.78, 5) is 2.00. The minimum atomic E-state index is -4.67. The van der Waals surface area contributed by atoms with Gasteiger partial charge in [0.05, 0.1) is 5.69 Å². The Labute approximate surface area is 123 Å². The first-order chi connectivity index (χ1) is 9.90. The second-order valence-electron chi connectivity index (χ2n) is 5.41. The molecule has 1 aromatic carbocycles. The van der Waals surface area contributed by atoms with Crippen LogP contribution in [0.5, 0.6) is 5.75 Å². The summed E-state index contributed by atoms with van der Waals surface area (Å²) < 4.78 is 41.8. The summed E-state index contributed by atoms with van der Waals surface area (Å²) in [6, 6.07) is 6.77. The van der Waals surface area contributed by atoms with Gasteiger partial charge >= 0.3 is 6.36 Å². The lowest BCUT2D eigenvalue weighted by molar-refractivity contribution is -0.274. The van der Waals surface area contributed by atoms with Crippen LogP contribution in [0.2, 0.25) is 0 Å². The third-order valence-corrected chi connectivity index (χ3v) is 3.69. The average molecular weight is 302 g/mol. The summed E-state index contributed by atoms with van der Waals surface area (Å²) >= 11 is 0. The molecule has 1 aliphatic rings. The first kappa shape index (κ1) is 15.9. The van der Waals surface area contributed by atoms with Crippen molar-refractivity contribution in [3.05, 3.63) is 24.3 Å². The van der Waals surface area contributed by atoms with Crippen LogP contribution in [0.1, 0.15) is 26.7 Å². The molecule has 0 radical (unpaired) electrons. The number of hydrogen-bond donors (Lipinski definition) is 1. The molecule has 118 valence electrons. The molecule has 2 unspecified atom stereocenters. The fraction of sp³-hybridized carbons (Fsp3) is 0.600. The van der Waals surface area contributed by atoms with Crippen LogP contribution in [-0.2, 0) is 0 Å². The van der Waals surface area contributed by atoms with E-state index < -0.39 is 6.36 Å². The predicted molar refractivity (Wildman–Crippen MR) is 76.6 cm³/mol. The van der Waals surface area contributed by atoms with Crippen molar-refractivity contribution in [2.75, 3.05) is 18.0 Å². The molecule has 1 aliphatic heterocycles. The molecule has 0 aromatic heterocycles. The molecule has 1 N–H and O–H groups in total. The highest BCUT2D eigenvalue weighted by molar-refractivity contribution is 5.59. The molecule has 0 spiro atoms. The maximum Gasteiger partial charge on any atom is 0.573 e. The zero-order valence-corrected chi connectivity index (χ0v) is 12.3. The molecule has 1 fully saturated rings. The lowest BCUT2D eigenvalue weighted by atomic mass is 10.0. The fourth-order valence-electron chi connectivity index (χ4n) is 2.71. The maximum atomic E-state index is 12.5. The summed E-state index contributed by atoms with van der Waals surface area (Å²) in [5.41, 5.74) is 0.505. The molecule has 0 aliphatic carbocycles. The first-order valence-electron chi connectivity index (χ1n) is 7.25. The predicted octanol–water partition coefficient (Wildman–Crippen LogP) is 3.55. The molecule has 2 rings (SSSR count). The number of halogens is 3. The van der Waals surface area contributed by atoms with E-state index in [-0.39, 0.29) is 11.8 Å². The van der Waals surface area contributed by atoms with Gasteiger partial charge in [0.15, 0.2) is 5.75 Å². The van der Waals surface area contributed by atoms with Crippen molar-refractivity contribution < 1.29 is 17.9 Å². The number of anilines is 1. The zero-order chi connectivity index (χ0) is 15.5. The van der Waals surface area contributed by atoms with Gasteiger partial charge in [0.1, 0.15) is 0 Å². The van der Waals surface area contributed by atoms with Crippen molar-refractivity contribution in [2.45, 2.75) is 45.1 Å². The number of ether oxygens (including phenoxy) is 1. The van der Waals surface area contributed by atoms with E-state index in [2.05, 4.69) is 17.0 Å². The van der Waals surface area contributed by atoms with Crippen molar-refractivity contribution in [1.82, 2.24) is 5.32 Å². The van der Waals surface area contributed by atoms with Gasteiger partial charge in [-0.2, -0.15) is 0 Å². The lowest BCUT2D eigenvalue weighted by Gasteiger charge is -2.41. The Morgan fingerprint density at radius 3 is 2.71 bits per heavy atom. The van der Waals surface area contributed by atoms with Crippen LogP contribution < -0.4 is 15.0 Å². The van der Waals surface area contributed by atoms with Crippen molar-refractivity contribution in [3.63, 3.8) is 0 Å². The molecule has 3 nitrogen and oxygen atoms in total. The Kier molecular flexibility index (Phi) is 4.98. The van der Waals surface area contributed by atoms with Gasteiger partial charge in [-0.15, -0.1) is 13.2 Å². The summed E-state index contributed by atoms with van der Waals surface area (Å²) in [5, 5.41) is 3.43. The fourth-order valence-corrected chi connectivity index (χ4v) is 2.71. The van der Waals surface area contributed by atoms with E-state index in [1.54, 1.807) is 18.2 Å². The number of piperazine rings is 1. The van der Waals surface area contributed by atoms with Gasteiger partial charge in [0.2, 0.25) is 0 Å². The van der Waals surface area contributed by atoms with Crippen molar-refractivity contribution in [1.29, 1.82) is 0 Å². The zero-order valence-electron chi connectivity index (χ0n) is 12.3. The van der Waals surface area contributed by atoms with Crippen LogP contribution in [0, 0.1) is 0 Å². The summed E-state index contributed by atoms with van der Waals surface area (Å²) in [6.07, 6.45) is -2.62. The van der Waals surface area contributed by atoms with Gasteiger partial charge in [-0.05, 0) is 25.5 Å². The summed E-state index contributed by atoms with van der Waals surface area (Å²) in [6.45, 7) is 5.54. The third kappa shape index (κ3) is 4.27. The Balaban J connectivity index is 2.22. The third-order valence-electron chi connectivity index (χ3n) is 3.69. The average Bonchev–Trinajstić information content (AvgIpc) is 2.40. The van der Waals surface area contributed by atoms with Gasteiger partial charge in [-0.1, -0.05) is 25.5 Å². The Morgan fingerprint density at radius 1 is 1.33 bits per heavy atom. The normalized spacial score (nSPS) is 23.2. The Morgan fingerprint density at radius 2 is 2.05 bits per heavy atom. The number of para-hydroxylation sites is 2. The van der Waals surface area contributed by atoms with E-state index in [9.17, 15) is 13.2 Å². The maximum absolute atomic E-state index is 12.5. The molecule has 1 aromatic rings. The second-order valence-corrected chi connectivity index (χ2v) is 5.41. The molecular weight excluding hydrogens is 281 g/mol. The summed E-state index contributed by atoms with van der Waals surface area (Å²) in [5.74, 6) is -0.131. The van der Waals surface area contributed by atoms with Crippen molar-refractivity contribution in [3.8, 4) is 5.75 Å². The highest BCUT2D eigenvalue weighted by Gasteiger charge is 2.34. The molecule has 21 heavy (non-hydrogen) atoms. The molecule has 1 saturated heterocycles. The smallest absolute Gasteiger partial charge is 0.404 e. The van der Waals surface area contributed by atoms with Gasteiger partial charge in [0, 0.05) is 25.2 Å². The van der Waals surface area contributed by atoms with E-state index in [4.69, 9.17) is 0 Å². The van der Waals surface area contributed by atoms with Gasteiger partial charge in [-0.25, -0.2) is 0 Å². The van der Waals surface area contributed by atoms with Crippen molar-refractivity contribution >= 4 is 5.69 Å². The van der Waals surface area contributed by atoms with E-state index in [1.807, 2.05) is 11.8 Å². The molecule has 6 heteroatoms. The highest BCUT2D eigenvalue weighted by Crippen LogP contribution is 2.34. The van der Waals surface area contributed by atoms with E-state index >= 15 is 0 Å². The van der Waals surface area contributed by atoms with Gasteiger partial charge in [0.25, 0.3) is 0 Å². The number of alkyl halides is 3. The minimum absolute atomic E-state index is 0.121. The number of hydrogen-bond acceptors (Lipinski definition) is 3. The van der Waals surface area contributed by atoms with Crippen LogP contribution in [0.4, 0.5) is 18.9 Å². The van der Waals surface area contributed by atoms with Crippen LogP contribution in [-0.4, -0.2) is 31.5 Å². The number of rotatable bonds is 4. The molecule has 0 bridgehead atoms. The topological polar surface area (TPSA) is 24.5 Å². The standard InChI is InChI=1S/C15H21F3N2O/c1-3-6-12-10-20(11(2)9-19-12)13-7-4-5-8-14(13)21-15(16,17)18/h4-5,7-8,11-12,19H,3,6,9-10H2,1-2H3. The molecule has 0 amide bonds.